The third-order valence-electron chi connectivity index (χ3n) is 5.18. The molecule has 3 aromatic rings. The molecule has 2 heterocycles. The van der Waals surface area contributed by atoms with Crippen molar-refractivity contribution in [2.75, 3.05) is 26.3 Å². The maximum atomic E-state index is 12.8. The van der Waals surface area contributed by atoms with E-state index in [4.69, 9.17) is 9.47 Å². The zero-order valence-corrected chi connectivity index (χ0v) is 18.4. The molecule has 1 aliphatic heterocycles. The van der Waals surface area contributed by atoms with E-state index in [2.05, 4.69) is 5.10 Å². The second kappa shape index (κ2) is 10.1. The molecule has 9 heteroatoms. The van der Waals surface area contributed by atoms with Crippen LogP contribution in [0.2, 0.25) is 0 Å². The van der Waals surface area contributed by atoms with Gasteiger partial charge in [-0.25, -0.2) is 13.1 Å². The largest absolute Gasteiger partial charge is 0.461 e. The lowest BCUT2D eigenvalue weighted by Gasteiger charge is -2.26. The summed E-state index contributed by atoms with van der Waals surface area (Å²) in [6.45, 7) is 1.47. The van der Waals surface area contributed by atoms with E-state index < -0.39 is 10.0 Å². The number of ether oxygens (including phenoxy) is 2. The van der Waals surface area contributed by atoms with Crippen LogP contribution in [0.25, 0.3) is 5.69 Å². The zero-order chi connectivity index (χ0) is 22.4. The third-order valence-corrected chi connectivity index (χ3v) is 7.08. The maximum Gasteiger partial charge on any atom is 0.306 e. The van der Waals surface area contributed by atoms with Gasteiger partial charge in [0.25, 0.3) is 0 Å². The van der Waals surface area contributed by atoms with Gasteiger partial charge in [0.2, 0.25) is 10.0 Å². The summed E-state index contributed by atoms with van der Waals surface area (Å²) in [5, 5.41) is 4.32. The van der Waals surface area contributed by atoms with Crippen LogP contribution in [0.15, 0.2) is 71.9 Å². The molecule has 0 saturated carbocycles. The first-order valence-electron chi connectivity index (χ1n) is 10.4. The number of benzene rings is 2. The van der Waals surface area contributed by atoms with Crippen molar-refractivity contribution in [3.05, 3.63) is 78.1 Å². The summed E-state index contributed by atoms with van der Waals surface area (Å²) in [5.74, 6) is -0.348. The Morgan fingerprint density at radius 3 is 2.59 bits per heavy atom. The number of carbonyl (C=O) groups excluding carboxylic acids is 1. The van der Waals surface area contributed by atoms with Crippen molar-refractivity contribution < 1.29 is 22.7 Å². The number of hydrogen-bond donors (Lipinski definition) is 0. The van der Waals surface area contributed by atoms with E-state index >= 15 is 0 Å². The van der Waals surface area contributed by atoms with Gasteiger partial charge in [0.1, 0.15) is 6.61 Å². The highest BCUT2D eigenvalue weighted by Gasteiger charge is 2.26. The number of sulfonamides is 1. The average Bonchev–Trinajstić information content (AvgIpc) is 3.32. The molecular weight excluding hydrogens is 430 g/mol. The Kier molecular flexibility index (Phi) is 6.99. The van der Waals surface area contributed by atoms with Crippen LogP contribution >= 0.6 is 0 Å². The highest BCUT2D eigenvalue weighted by Crippen LogP contribution is 2.19. The van der Waals surface area contributed by atoms with Crippen molar-refractivity contribution in [1.29, 1.82) is 0 Å². The Hall–Kier alpha value is -3.01. The zero-order valence-electron chi connectivity index (χ0n) is 17.6. The van der Waals surface area contributed by atoms with Gasteiger partial charge in [-0.2, -0.15) is 9.40 Å². The second-order valence-electron chi connectivity index (χ2n) is 7.45. The van der Waals surface area contributed by atoms with E-state index in [1.807, 2.05) is 36.5 Å². The van der Waals surface area contributed by atoms with E-state index in [1.165, 1.54) is 4.31 Å². The molecule has 1 saturated heterocycles. The minimum Gasteiger partial charge on any atom is -0.461 e. The van der Waals surface area contributed by atoms with E-state index in [-0.39, 0.29) is 23.9 Å². The minimum absolute atomic E-state index is 0.0224. The molecule has 0 amide bonds. The number of aryl methyl sites for hydroxylation is 1. The first-order valence-corrected chi connectivity index (χ1v) is 11.9. The molecule has 4 rings (SSSR count). The summed E-state index contributed by atoms with van der Waals surface area (Å²) in [6, 6.07) is 16.3. The molecule has 0 bridgehead atoms. The van der Waals surface area contributed by atoms with Gasteiger partial charge in [0.05, 0.1) is 30.0 Å². The molecular formula is C23H25N3O5S. The first kappa shape index (κ1) is 22.2. The summed E-state index contributed by atoms with van der Waals surface area (Å²) in [7, 11) is -3.59. The predicted molar refractivity (Wildman–Crippen MR) is 118 cm³/mol. The van der Waals surface area contributed by atoms with Gasteiger partial charge in [-0.1, -0.05) is 30.3 Å². The van der Waals surface area contributed by atoms with Crippen LogP contribution in [0.3, 0.4) is 0 Å². The summed E-state index contributed by atoms with van der Waals surface area (Å²) in [4.78, 5) is 12.4. The number of esters is 1. The maximum absolute atomic E-state index is 12.8. The van der Waals surface area contributed by atoms with Crippen molar-refractivity contribution in [2.24, 2.45) is 0 Å². The number of nitrogens with zero attached hydrogens (tertiary/aromatic N) is 3. The lowest BCUT2D eigenvalue weighted by Crippen LogP contribution is -2.40. The van der Waals surface area contributed by atoms with Gasteiger partial charge in [0.15, 0.2) is 0 Å². The first-order chi connectivity index (χ1) is 15.5. The summed E-state index contributed by atoms with van der Waals surface area (Å²) in [6.07, 6.45) is 4.35. The van der Waals surface area contributed by atoms with Gasteiger partial charge < -0.3 is 9.47 Å². The third kappa shape index (κ3) is 5.42. The number of aromatic nitrogens is 2. The molecule has 0 N–H and O–H groups in total. The van der Waals surface area contributed by atoms with Crippen LogP contribution in [-0.4, -0.2) is 54.8 Å². The van der Waals surface area contributed by atoms with E-state index in [9.17, 15) is 13.2 Å². The molecule has 8 nitrogen and oxygen atoms in total. The van der Waals surface area contributed by atoms with Gasteiger partial charge >= 0.3 is 5.97 Å². The topological polar surface area (TPSA) is 90.7 Å². The van der Waals surface area contributed by atoms with Crippen LogP contribution in [0.4, 0.5) is 0 Å². The quantitative estimate of drug-likeness (QED) is 0.485. The number of carbonyl (C=O) groups is 1. The van der Waals surface area contributed by atoms with Crippen molar-refractivity contribution in [1.82, 2.24) is 14.1 Å². The molecule has 1 fully saturated rings. The minimum atomic E-state index is -3.59. The molecule has 32 heavy (non-hydrogen) atoms. The van der Waals surface area contributed by atoms with Crippen molar-refractivity contribution in [3.63, 3.8) is 0 Å². The second-order valence-corrected chi connectivity index (χ2v) is 9.39. The van der Waals surface area contributed by atoms with Gasteiger partial charge in [-0.3, -0.25) is 4.79 Å². The van der Waals surface area contributed by atoms with E-state index in [0.29, 0.717) is 38.3 Å². The standard InChI is InChI=1S/C23H25N3O5S/c27-23(10-9-20-16-24-26(17-20)21-6-2-1-3-7-21)31-18-19-5-4-8-22(15-19)32(28,29)25-11-13-30-14-12-25/h1-8,15-17H,9-14,18H2. The summed E-state index contributed by atoms with van der Waals surface area (Å²) >= 11 is 0. The van der Waals surface area contributed by atoms with Crippen LogP contribution in [0.1, 0.15) is 17.5 Å². The fourth-order valence-corrected chi connectivity index (χ4v) is 4.90. The molecule has 0 atom stereocenters. The number of rotatable bonds is 8. The van der Waals surface area contributed by atoms with Gasteiger partial charge in [-0.05, 0) is 41.8 Å². The number of morpholine rings is 1. The Labute approximate surface area is 187 Å². The average molecular weight is 456 g/mol. The highest BCUT2D eigenvalue weighted by atomic mass is 32.2. The molecule has 0 spiro atoms. The predicted octanol–water partition coefficient (Wildman–Crippen LogP) is 2.57. The Morgan fingerprint density at radius 2 is 1.81 bits per heavy atom. The molecule has 0 aliphatic carbocycles. The fourth-order valence-electron chi connectivity index (χ4n) is 3.43. The molecule has 168 valence electrons. The van der Waals surface area contributed by atoms with E-state index in [0.717, 1.165) is 11.3 Å². The van der Waals surface area contributed by atoms with Crippen molar-refractivity contribution >= 4 is 16.0 Å². The molecule has 0 radical (unpaired) electrons. The Balaban J connectivity index is 1.30. The van der Waals surface area contributed by atoms with E-state index in [1.54, 1.807) is 35.1 Å². The lowest BCUT2D eigenvalue weighted by atomic mass is 10.2. The fraction of sp³-hybridized carbons (Fsp3) is 0.304. The molecule has 0 unspecified atom stereocenters. The van der Waals surface area contributed by atoms with Gasteiger partial charge in [-0.15, -0.1) is 0 Å². The van der Waals surface area contributed by atoms with Crippen LogP contribution < -0.4 is 0 Å². The van der Waals surface area contributed by atoms with Crippen molar-refractivity contribution in [2.45, 2.75) is 24.3 Å². The van der Waals surface area contributed by atoms with Crippen LogP contribution in [0.5, 0.6) is 0 Å². The molecule has 1 aliphatic rings. The monoisotopic (exact) mass is 455 g/mol. The normalized spacial score (nSPS) is 14.9. The number of para-hydroxylation sites is 1. The summed E-state index contributed by atoms with van der Waals surface area (Å²) < 4.78 is 39.4. The highest BCUT2D eigenvalue weighted by molar-refractivity contribution is 7.89. The molecule has 2 aromatic carbocycles. The Morgan fingerprint density at radius 1 is 1.03 bits per heavy atom. The smallest absolute Gasteiger partial charge is 0.306 e. The Bertz CT molecular complexity index is 1160. The SMILES string of the molecule is O=C(CCc1cnn(-c2ccccc2)c1)OCc1cccc(S(=O)(=O)N2CCOCC2)c1. The number of hydrogen-bond acceptors (Lipinski definition) is 6. The van der Waals surface area contributed by atoms with Gasteiger partial charge in [0, 0.05) is 25.7 Å². The van der Waals surface area contributed by atoms with Crippen molar-refractivity contribution in [3.8, 4) is 5.69 Å². The summed E-state index contributed by atoms with van der Waals surface area (Å²) in [5.41, 5.74) is 2.52. The van der Waals surface area contributed by atoms with Crippen LogP contribution in [-0.2, 0) is 37.3 Å². The molecule has 1 aromatic heterocycles. The van der Waals surface area contributed by atoms with Crippen LogP contribution in [0, 0.1) is 0 Å². The lowest BCUT2D eigenvalue weighted by molar-refractivity contribution is -0.144.